The van der Waals surface area contributed by atoms with E-state index in [1.165, 1.54) is 25.1 Å². The zero-order valence-corrected chi connectivity index (χ0v) is 10.9. The molecule has 0 aliphatic heterocycles. The molecule has 1 aromatic rings. The van der Waals surface area contributed by atoms with Crippen LogP contribution in [0.4, 0.5) is 4.39 Å². The third kappa shape index (κ3) is 4.51. The summed E-state index contributed by atoms with van der Waals surface area (Å²) in [7, 11) is 0. The van der Waals surface area contributed by atoms with Gasteiger partial charge >= 0.3 is 5.97 Å². The zero-order valence-electron chi connectivity index (χ0n) is 10.9. The van der Waals surface area contributed by atoms with E-state index in [-0.39, 0.29) is 18.8 Å². The summed E-state index contributed by atoms with van der Waals surface area (Å²) >= 11 is 0. The van der Waals surface area contributed by atoms with Crippen LogP contribution in [-0.4, -0.2) is 40.8 Å². The van der Waals surface area contributed by atoms with Gasteiger partial charge < -0.3 is 20.3 Å². The van der Waals surface area contributed by atoms with Crippen LogP contribution in [0.1, 0.15) is 13.3 Å². The van der Waals surface area contributed by atoms with Crippen LogP contribution in [0.25, 0.3) is 0 Å². The Hall–Kier alpha value is -2.15. The van der Waals surface area contributed by atoms with Crippen molar-refractivity contribution >= 4 is 11.9 Å². The van der Waals surface area contributed by atoms with Crippen LogP contribution in [0.2, 0.25) is 0 Å². The molecule has 3 N–H and O–H groups in total. The average molecular weight is 285 g/mol. The van der Waals surface area contributed by atoms with Crippen molar-refractivity contribution in [2.45, 2.75) is 25.5 Å². The van der Waals surface area contributed by atoms with E-state index in [0.717, 1.165) is 0 Å². The first kappa shape index (κ1) is 15.9. The van der Waals surface area contributed by atoms with Crippen LogP contribution < -0.4 is 10.1 Å². The van der Waals surface area contributed by atoms with Crippen molar-refractivity contribution in [3.8, 4) is 5.75 Å². The van der Waals surface area contributed by atoms with Gasteiger partial charge in [-0.05, 0) is 19.1 Å². The molecular weight excluding hydrogens is 269 g/mol. The second-order valence-corrected chi connectivity index (χ2v) is 4.10. The number of aliphatic carboxylic acids is 1. The molecule has 0 aromatic heterocycles. The Morgan fingerprint density at radius 1 is 1.40 bits per heavy atom. The van der Waals surface area contributed by atoms with Gasteiger partial charge in [-0.2, -0.15) is 0 Å². The Kier molecular flexibility index (Phi) is 5.92. The standard InChI is InChI=1S/C13H16FNO5/c1-8(20-11-5-3-2-4-9(11)14)12(17)15-10(6-7-16)13(18)19/h2-5,8,10,16H,6-7H2,1H3,(H,15,17)(H,18,19)/t8?,10-/m0/s1. The van der Waals surface area contributed by atoms with E-state index >= 15 is 0 Å². The van der Waals surface area contributed by atoms with Crippen molar-refractivity contribution in [3.63, 3.8) is 0 Å². The molecule has 7 heteroatoms. The number of benzene rings is 1. The zero-order chi connectivity index (χ0) is 15.1. The highest BCUT2D eigenvalue weighted by Gasteiger charge is 2.23. The number of ether oxygens (including phenoxy) is 1. The molecule has 0 saturated heterocycles. The number of hydrogen-bond acceptors (Lipinski definition) is 4. The third-order valence-corrected chi connectivity index (χ3v) is 2.54. The number of carbonyl (C=O) groups excluding carboxylic acids is 1. The van der Waals surface area contributed by atoms with E-state index in [9.17, 15) is 14.0 Å². The Morgan fingerprint density at radius 3 is 2.60 bits per heavy atom. The van der Waals surface area contributed by atoms with Crippen molar-refractivity contribution < 1.29 is 28.9 Å². The van der Waals surface area contributed by atoms with Gasteiger partial charge in [0.1, 0.15) is 6.04 Å². The number of nitrogens with one attached hydrogen (secondary N) is 1. The van der Waals surface area contributed by atoms with E-state index in [4.69, 9.17) is 14.9 Å². The number of carboxylic acids is 1. The van der Waals surface area contributed by atoms with Gasteiger partial charge in [-0.3, -0.25) is 4.79 Å². The minimum absolute atomic E-state index is 0.0933. The van der Waals surface area contributed by atoms with Gasteiger partial charge in [0, 0.05) is 13.0 Å². The number of aliphatic hydroxyl groups excluding tert-OH is 1. The highest BCUT2D eigenvalue weighted by molar-refractivity contribution is 5.86. The lowest BCUT2D eigenvalue weighted by Crippen LogP contribution is -2.46. The van der Waals surface area contributed by atoms with Crippen molar-refractivity contribution in [2.75, 3.05) is 6.61 Å². The predicted molar refractivity (Wildman–Crippen MR) is 67.8 cm³/mol. The number of halogens is 1. The second-order valence-electron chi connectivity index (χ2n) is 4.10. The number of rotatable bonds is 7. The van der Waals surface area contributed by atoms with Crippen LogP contribution in [0.5, 0.6) is 5.75 Å². The maximum atomic E-state index is 13.3. The molecule has 0 aliphatic rings. The molecule has 6 nitrogen and oxygen atoms in total. The molecule has 0 spiro atoms. The van der Waals surface area contributed by atoms with Crippen LogP contribution in [0.3, 0.4) is 0 Å². The van der Waals surface area contributed by atoms with Gasteiger partial charge in [0.05, 0.1) is 0 Å². The number of carbonyl (C=O) groups is 2. The van der Waals surface area contributed by atoms with E-state index in [0.29, 0.717) is 0 Å². The molecule has 0 saturated carbocycles. The Balaban J connectivity index is 2.63. The molecular formula is C13H16FNO5. The first-order valence-electron chi connectivity index (χ1n) is 6.01. The largest absolute Gasteiger partial charge is 0.480 e. The number of hydrogen-bond donors (Lipinski definition) is 3. The van der Waals surface area contributed by atoms with Crippen molar-refractivity contribution in [2.24, 2.45) is 0 Å². The van der Waals surface area contributed by atoms with Gasteiger partial charge in [-0.15, -0.1) is 0 Å². The summed E-state index contributed by atoms with van der Waals surface area (Å²) < 4.78 is 18.5. The molecule has 0 fully saturated rings. The lowest BCUT2D eigenvalue weighted by Gasteiger charge is -2.18. The molecule has 110 valence electrons. The SMILES string of the molecule is CC(Oc1ccccc1F)C(=O)N[C@@H](CCO)C(=O)O. The maximum Gasteiger partial charge on any atom is 0.326 e. The first-order chi connectivity index (χ1) is 9.45. The van der Waals surface area contributed by atoms with Crippen molar-refractivity contribution in [3.05, 3.63) is 30.1 Å². The van der Waals surface area contributed by atoms with Crippen molar-refractivity contribution in [1.82, 2.24) is 5.32 Å². The highest BCUT2D eigenvalue weighted by Crippen LogP contribution is 2.17. The molecule has 0 heterocycles. The number of amides is 1. The summed E-state index contributed by atoms with van der Waals surface area (Å²) in [6, 6.07) is 4.37. The van der Waals surface area contributed by atoms with Gasteiger partial charge in [0.2, 0.25) is 0 Å². The molecule has 1 unspecified atom stereocenters. The monoisotopic (exact) mass is 285 g/mol. The molecule has 0 bridgehead atoms. The smallest absolute Gasteiger partial charge is 0.326 e. The molecule has 20 heavy (non-hydrogen) atoms. The fourth-order valence-corrected chi connectivity index (χ4v) is 1.46. The lowest BCUT2D eigenvalue weighted by atomic mass is 10.2. The summed E-state index contributed by atoms with van der Waals surface area (Å²) in [5.74, 6) is -2.67. The molecule has 0 radical (unpaired) electrons. The Labute approximate surface area is 115 Å². The summed E-state index contributed by atoms with van der Waals surface area (Å²) in [5, 5.41) is 19.8. The fourth-order valence-electron chi connectivity index (χ4n) is 1.46. The molecule has 0 aliphatic carbocycles. The van der Waals surface area contributed by atoms with Gasteiger partial charge in [0.15, 0.2) is 17.7 Å². The first-order valence-corrected chi connectivity index (χ1v) is 6.01. The lowest BCUT2D eigenvalue weighted by molar-refractivity contribution is -0.143. The minimum atomic E-state index is -1.26. The average Bonchev–Trinajstić information content (AvgIpc) is 2.40. The molecule has 1 aromatic carbocycles. The molecule has 1 rings (SSSR count). The van der Waals surface area contributed by atoms with E-state index in [2.05, 4.69) is 5.32 Å². The Bertz CT molecular complexity index is 480. The van der Waals surface area contributed by atoms with Crippen LogP contribution in [0.15, 0.2) is 24.3 Å². The van der Waals surface area contributed by atoms with E-state index < -0.39 is 29.8 Å². The molecule has 1 amide bonds. The normalized spacial score (nSPS) is 13.3. The summed E-state index contributed by atoms with van der Waals surface area (Å²) in [6.07, 6.45) is -1.18. The molecule has 2 atom stereocenters. The van der Waals surface area contributed by atoms with Crippen LogP contribution >= 0.6 is 0 Å². The van der Waals surface area contributed by atoms with Crippen LogP contribution in [0, 0.1) is 5.82 Å². The number of carboxylic acid groups (broad SMARTS) is 1. The van der Waals surface area contributed by atoms with Crippen molar-refractivity contribution in [1.29, 1.82) is 0 Å². The minimum Gasteiger partial charge on any atom is -0.480 e. The third-order valence-electron chi connectivity index (χ3n) is 2.54. The maximum absolute atomic E-state index is 13.3. The highest BCUT2D eigenvalue weighted by atomic mass is 19.1. The second kappa shape index (κ2) is 7.44. The number of para-hydroxylation sites is 1. The topological polar surface area (TPSA) is 95.9 Å². The van der Waals surface area contributed by atoms with E-state index in [1.807, 2.05) is 0 Å². The van der Waals surface area contributed by atoms with Gasteiger partial charge in [0.25, 0.3) is 5.91 Å². The Morgan fingerprint density at radius 2 is 2.05 bits per heavy atom. The van der Waals surface area contributed by atoms with E-state index in [1.54, 1.807) is 6.07 Å². The van der Waals surface area contributed by atoms with Gasteiger partial charge in [-0.1, -0.05) is 12.1 Å². The predicted octanol–water partition coefficient (Wildman–Crippen LogP) is 0.545. The summed E-state index contributed by atoms with van der Waals surface area (Å²) in [6.45, 7) is 0.999. The summed E-state index contributed by atoms with van der Waals surface area (Å²) in [5.41, 5.74) is 0. The fraction of sp³-hybridized carbons (Fsp3) is 0.385. The number of aliphatic hydroxyl groups is 1. The van der Waals surface area contributed by atoms with Gasteiger partial charge in [-0.25, -0.2) is 9.18 Å². The quantitative estimate of drug-likeness (QED) is 0.679. The summed E-state index contributed by atoms with van der Waals surface area (Å²) in [4.78, 5) is 22.6. The van der Waals surface area contributed by atoms with Crippen LogP contribution in [-0.2, 0) is 9.59 Å².